The normalized spacial score (nSPS) is 11.9. The number of nitro groups is 1. The molecule has 0 aliphatic carbocycles. The Hall–Kier alpha value is -3.59. The van der Waals surface area contributed by atoms with Crippen molar-refractivity contribution in [3.05, 3.63) is 70.5 Å². The third-order valence-electron chi connectivity index (χ3n) is 4.67. The lowest BCUT2D eigenvalue weighted by atomic mass is 10.1. The molecule has 0 radical (unpaired) electrons. The fourth-order valence-corrected chi connectivity index (χ4v) is 2.89. The lowest BCUT2D eigenvalue weighted by Gasteiger charge is -2.20. The van der Waals surface area contributed by atoms with Crippen molar-refractivity contribution in [2.75, 3.05) is 17.2 Å². The van der Waals surface area contributed by atoms with Gasteiger partial charge in [0.05, 0.1) is 23.3 Å². The highest BCUT2D eigenvalue weighted by Gasteiger charge is 2.16. The molecule has 3 aromatic rings. The molecule has 3 N–H and O–H groups in total. The quantitative estimate of drug-likeness (QED) is 0.363. The van der Waals surface area contributed by atoms with Crippen molar-refractivity contribution >= 4 is 17.5 Å². The van der Waals surface area contributed by atoms with Crippen LogP contribution < -0.4 is 10.6 Å². The Balaban J connectivity index is 1.91. The Bertz CT molecular complexity index is 997. The monoisotopic (exact) mass is 408 g/mol. The van der Waals surface area contributed by atoms with Gasteiger partial charge < -0.3 is 15.7 Å². The van der Waals surface area contributed by atoms with E-state index < -0.39 is 4.92 Å². The number of rotatable bonds is 9. The summed E-state index contributed by atoms with van der Waals surface area (Å²) in [6.45, 7) is 4.17. The Kier molecular flexibility index (Phi) is 6.87. The summed E-state index contributed by atoms with van der Waals surface area (Å²) >= 11 is 0. The third kappa shape index (κ3) is 5.26. The second kappa shape index (κ2) is 9.75. The highest BCUT2D eigenvalue weighted by Crippen LogP contribution is 2.23. The topological polar surface area (TPSA) is 126 Å². The predicted octanol–water partition coefficient (Wildman–Crippen LogP) is 3.49. The highest BCUT2D eigenvalue weighted by atomic mass is 16.6. The molecule has 9 heteroatoms. The summed E-state index contributed by atoms with van der Waals surface area (Å²) < 4.78 is 0. The molecular formula is C21H24N6O3. The molecule has 2 heterocycles. The van der Waals surface area contributed by atoms with Crippen molar-refractivity contribution in [2.45, 2.75) is 26.4 Å². The summed E-state index contributed by atoms with van der Waals surface area (Å²) in [5, 5.41) is 27.2. The lowest BCUT2D eigenvalue weighted by molar-refractivity contribution is -0.385. The van der Waals surface area contributed by atoms with Crippen LogP contribution in [-0.2, 0) is 6.54 Å². The minimum atomic E-state index is -0.402. The second-order valence-electron chi connectivity index (χ2n) is 7.11. The molecule has 0 spiro atoms. The van der Waals surface area contributed by atoms with E-state index in [1.54, 1.807) is 36.7 Å². The summed E-state index contributed by atoms with van der Waals surface area (Å²) in [6.07, 6.45) is 3.35. The minimum absolute atomic E-state index is 0.0481. The molecule has 156 valence electrons. The molecule has 0 unspecified atom stereocenters. The van der Waals surface area contributed by atoms with Crippen molar-refractivity contribution in [1.82, 2.24) is 15.0 Å². The van der Waals surface area contributed by atoms with Crippen LogP contribution in [0.3, 0.4) is 0 Å². The van der Waals surface area contributed by atoms with Gasteiger partial charge in [-0.25, -0.2) is 4.98 Å². The number of hydrogen-bond acceptors (Lipinski definition) is 8. The molecular weight excluding hydrogens is 384 g/mol. The average Bonchev–Trinajstić information content (AvgIpc) is 2.76. The van der Waals surface area contributed by atoms with E-state index in [9.17, 15) is 15.2 Å². The molecule has 0 fully saturated rings. The molecule has 0 saturated carbocycles. The minimum Gasteiger partial charge on any atom is -0.394 e. The number of benzene rings is 1. The first-order chi connectivity index (χ1) is 14.5. The van der Waals surface area contributed by atoms with Gasteiger partial charge in [0.15, 0.2) is 0 Å². The van der Waals surface area contributed by atoms with E-state index >= 15 is 0 Å². The van der Waals surface area contributed by atoms with Gasteiger partial charge in [-0.2, -0.15) is 4.98 Å². The fraction of sp³-hybridized carbons (Fsp3) is 0.286. The third-order valence-corrected chi connectivity index (χ3v) is 4.67. The zero-order valence-electron chi connectivity index (χ0n) is 16.8. The van der Waals surface area contributed by atoms with E-state index in [0.29, 0.717) is 23.0 Å². The summed E-state index contributed by atoms with van der Waals surface area (Å²) in [4.78, 5) is 23.9. The number of nitrogens with zero attached hydrogens (tertiary/aromatic N) is 4. The van der Waals surface area contributed by atoms with Gasteiger partial charge in [-0.15, -0.1) is 0 Å². The molecule has 1 aromatic carbocycles. The predicted molar refractivity (Wildman–Crippen MR) is 115 cm³/mol. The summed E-state index contributed by atoms with van der Waals surface area (Å²) in [7, 11) is 0. The number of anilines is 2. The number of nitrogens with one attached hydrogen (secondary N) is 2. The molecule has 9 nitrogen and oxygen atoms in total. The van der Waals surface area contributed by atoms with E-state index in [1.165, 1.54) is 6.07 Å². The molecule has 2 aromatic heterocycles. The molecule has 0 aliphatic rings. The van der Waals surface area contributed by atoms with Gasteiger partial charge in [0.2, 0.25) is 5.95 Å². The SMILES string of the molecule is CC(C)[C@@H](CO)Nc1nc(NCc2ccccc2[N+](=O)[O-])cc(-c2ccncc2)n1. The molecule has 0 saturated heterocycles. The average molecular weight is 408 g/mol. The van der Waals surface area contributed by atoms with Crippen molar-refractivity contribution in [1.29, 1.82) is 0 Å². The number of aromatic nitrogens is 3. The molecule has 30 heavy (non-hydrogen) atoms. The van der Waals surface area contributed by atoms with E-state index in [-0.39, 0.29) is 30.8 Å². The van der Waals surface area contributed by atoms with Crippen LogP contribution in [-0.4, -0.2) is 37.6 Å². The van der Waals surface area contributed by atoms with Gasteiger partial charge in [0, 0.05) is 42.2 Å². The maximum Gasteiger partial charge on any atom is 0.274 e. The van der Waals surface area contributed by atoms with Crippen LogP contribution >= 0.6 is 0 Å². The Morgan fingerprint density at radius 1 is 1.13 bits per heavy atom. The maximum atomic E-state index is 11.3. The Morgan fingerprint density at radius 3 is 2.53 bits per heavy atom. The standard InChI is InChI=1S/C21H24N6O3/c1-14(2)18(13-28)25-21-24-17(15-7-9-22-10-8-15)11-20(26-21)23-12-16-5-3-4-6-19(16)27(29)30/h3-11,14,18,28H,12-13H2,1-2H3,(H2,23,24,25,26)/t18-/m1/s1. The number of aliphatic hydroxyl groups excluding tert-OH is 1. The van der Waals surface area contributed by atoms with Gasteiger partial charge in [0.25, 0.3) is 5.69 Å². The van der Waals surface area contributed by atoms with Crippen LogP contribution in [0.2, 0.25) is 0 Å². The first-order valence-electron chi connectivity index (χ1n) is 9.61. The molecule has 0 aliphatic heterocycles. The summed E-state index contributed by atoms with van der Waals surface area (Å²) in [5.41, 5.74) is 2.12. The van der Waals surface area contributed by atoms with E-state index in [4.69, 9.17) is 0 Å². The van der Waals surface area contributed by atoms with Crippen LogP contribution in [0.4, 0.5) is 17.5 Å². The number of para-hydroxylation sites is 1. The Morgan fingerprint density at radius 2 is 1.87 bits per heavy atom. The van der Waals surface area contributed by atoms with Crippen LogP contribution in [0.15, 0.2) is 54.9 Å². The maximum absolute atomic E-state index is 11.3. The number of nitro benzene ring substituents is 1. The van der Waals surface area contributed by atoms with E-state index in [0.717, 1.165) is 5.56 Å². The van der Waals surface area contributed by atoms with Gasteiger partial charge in [-0.1, -0.05) is 32.0 Å². The van der Waals surface area contributed by atoms with Crippen molar-refractivity contribution in [2.24, 2.45) is 5.92 Å². The van der Waals surface area contributed by atoms with Crippen molar-refractivity contribution < 1.29 is 10.0 Å². The van der Waals surface area contributed by atoms with Crippen LogP contribution in [0.5, 0.6) is 0 Å². The largest absolute Gasteiger partial charge is 0.394 e. The van der Waals surface area contributed by atoms with Gasteiger partial charge in [-0.3, -0.25) is 15.1 Å². The van der Waals surface area contributed by atoms with Crippen molar-refractivity contribution in [3.8, 4) is 11.3 Å². The molecule has 3 rings (SSSR count). The molecule has 0 amide bonds. The highest BCUT2D eigenvalue weighted by molar-refractivity contribution is 5.64. The molecule has 1 atom stereocenters. The smallest absolute Gasteiger partial charge is 0.274 e. The number of pyridine rings is 1. The zero-order chi connectivity index (χ0) is 21.5. The van der Waals surface area contributed by atoms with Crippen LogP contribution in [0.25, 0.3) is 11.3 Å². The van der Waals surface area contributed by atoms with Crippen LogP contribution in [0, 0.1) is 16.0 Å². The first-order valence-corrected chi connectivity index (χ1v) is 9.61. The zero-order valence-corrected chi connectivity index (χ0v) is 16.8. The first kappa shape index (κ1) is 21.1. The van der Waals surface area contributed by atoms with E-state index in [1.807, 2.05) is 26.0 Å². The number of aliphatic hydroxyl groups is 1. The van der Waals surface area contributed by atoms with Crippen molar-refractivity contribution in [3.63, 3.8) is 0 Å². The second-order valence-corrected chi connectivity index (χ2v) is 7.11. The fourth-order valence-electron chi connectivity index (χ4n) is 2.89. The van der Waals surface area contributed by atoms with Gasteiger partial charge >= 0.3 is 0 Å². The summed E-state index contributed by atoms with van der Waals surface area (Å²) in [5.74, 6) is 1.05. The van der Waals surface area contributed by atoms with Gasteiger partial charge in [0.1, 0.15) is 5.82 Å². The van der Waals surface area contributed by atoms with Crippen LogP contribution in [0.1, 0.15) is 19.4 Å². The van der Waals surface area contributed by atoms with E-state index in [2.05, 4.69) is 25.6 Å². The lowest BCUT2D eigenvalue weighted by Crippen LogP contribution is -2.30. The van der Waals surface area contributed by atoms with Gasteiger partial charge in [-0.05, 0) is 18.1 Å². The number of hydrogen-bond donors (Lipinski definition) is 3. The summed E-state index contributed by atoms with van der Waals surface area (Å²) in [6, 6.07) is 11.8. The molecule has 0 bridgehead atoms. The Labute approximate surface area is 174 Å².